The monoisotopic (exact) mass is 219 g/mol. The maximum Gasteiger partial charge on any atom is 0.0126 e. The third-order valence-corrected chi connectivity index (χ3v) is 6.31. The van der Waals surface area contributed by atoms with Crippen LogP contribution in [0.5, 0.6) is 0 Å². The Hall–Kier alpha value is -0.0400. The zero-order valence-electron chi connectivity index (χ0n) is 10.3. The molecule has 6 atom stereocenters. The highest BCUT2D eigenvalue weighted by molar-refractivity contribution is 5.02. The van der Waals surface area contributed by atoms with E-state index in [0.29, 0.717) is 0 Å². The summed E-state index contributed by atoms with van der Waals surface area (Å²) in [6, 6.07) is 0.931. The van der Waals surface area contributed by atoms with Crippen LogP contribution in [0.15, 0.2) is 0 Å². The molecule has 0 radical (unpaired) electrons. The van der Waals surface area contributed by atoms with Gasteiger partial charge in [0.25, 0.3) is 0 Å². The molecule has 3 aliphatic carbocycles. The van der Waals surface area contributed by atoms with Gasteiger partial charge in [0.05, 0.1) is 0 Å². The SMILES string of the molecule is C1CC2CC3CC4CCCNC4C3CC2C1. The molecule has 4 aliphatic rings. The van der Waals surface area contributed by atoms with Crippen molar-refractivity contribution in [3.63, 3.8) is 0 Å². The van der Waals surface area contributed by atoms with E-state index in [-0.39, 0.29) is 0 Å². The molecule has 4 rings (SSSR count). The molecule has 16 heavy (non-hydrogen) atoms. The lowest BCUT2D eigenvalue weighted by Crippen LogP contribution is -2.44. The minimum Gasteiger partial charge on any atom is -0.313 e. The Labute approximate surface area is 99.4 Å². The zero-order chi connectivity index (χ0) is 10.5. The van der Waals surface area contributed by atoms with Gasteiger partial charge in [-0.25, -0.2) is 0 Å². The minimum absolute atomic E-state index is 0.931. The lowest BCUT2D eigenvalue weighted by atomic mass is 9.70. The number of hydrogen-bond donors (Lipinski definition) is 1. The van der Waals surface area contributed by atoms with Crippen LogP contribution in [0.2, 0.25) is 0 Å². The van der Waals surface area contributed by atoms with Gasteiger partial charge in [0.2, 0.25) is 0 Å². The second-order valence-corrected chi connectivity index (χ2v) is 6.96. The van der Waals surface area contributed by atoms with Gasteiger partial charge in [0.15, 0.2) is 0 Å². The van der Waals surface area contributed by atoms with Crippen molar-refractivity contribution in [1.82, 2.24) is 5.32 Å². The number of nitrogens with one attached hydrogen (secondary N) is 1. The highest BCUT2D eigenvalue weighted by Gasteiger charge is 2.49. The van der Waals surface area contributed by atoms with Crippen molar-refractivity contribution in [2.24, 2.45) is 29.6 Å². The average molecular weight is 219 g/mol. The molecule has 0 aromatic rings. The highest BCUT2D eigenvalue weighted by atomic mass is 15.0. The van der Waals surface area contributed by atoms with Crippen LogP contribution in [0.25, 0.3) is 0 Å². The van der Waals surface area contributed by atoms with Crippen LogP contribution < -0.4 is 5.32 Å². The largest absolute Gasteiger partial charge is 0.313 e. The molecule has 1 heteroatoms. The van der Waals surface area contributed by atoms with E-state index in [1.54, 1.807) is 32.1 Å². The molecule has 1 heterocycles. The smallest absolute Gasteiger partial charge is 0.0126 e. The molecule has 1 nitrogen and oxygen atoms in total. The Kier molecular flexibility index (Phi) is 2.32. The van der Waals surface area contributed by atoms with Crippen LogP contribution in [0.4, 0.5) is 0 Å². The van der Waals surface area contributed by atoms with E-state index in [1.165, 1.54) is 25.8 Å². The van der Waals surface area contributed by atoms with Crippen molar-refractivity contribution in [3.8, 4) is 0 Å². The molecular weight excluding hydrogens is 194 g/mol. The van der Waals surface area contributed by atoms with E-state index in [1.807, 2.05) is 0 Å². The number of rotatable bonds is 0. The normalized spacial score (nSPS) is 55.5. The fourth-order valence-electron chi connectivity index (χ4n) is 5.68. The van der Waals surface area contributed by atoms with Crippen molar-refractivity contribution >= 4 is 0 Å². The average Bonchev–Trinajstić information content (AvgIpc) is 2.88. The molecule has 4 fully saturated rings. The quantitative estimate of drug-likeness (QED) is 0.660. The standard InChI is InChI=1S/C15H25N/c1-3-10-7-13-8-12-5-2-6-16-15(12)14(13)9-11(10)4-1/h10-16H,1-9H2. The van der Waals surface area contributed by atoms with Gasteiger partial charge >= 0.3 is 0 Å². The predicted molar refractivity (Wildman–Crippen MR) is 66.2 cm³/mol. The molecule has 0 aromatic heterocycles. The van der Waals surface area contributed by atoms with Crippen LogP contribution in [0.3, 0.4) is 0 Å². The maximum absolute atomic E-state index is 3.86. The van der Waals surface area contributed by atoms with Gasteiger partial charge in [0, 0.05) is 6.04 Å². The number of hydrogen-bond acceptors (Lipinski definition) is 1. The summed E-state index contributed by atoms with van der Waals surface area (Å²) in [6.45, 7) is 1.30. The number of fused-ring (bicyclic) bond motifs is 4. The van der Waals surface area contributed by atoms with E-state index in [0.717, 1.165) is 35.6 Å². The first-order chi connectivity index (χ1) is 7.92. The second-order valence-electron chi connectivity index (χ2n) is 6.96. The summed E-state index contributed by atoms with van der Waals surface area (Å²) in [5.41, 5.74) is 0. The molecule has 0 spiro atoms. The van der Waals surface area contributed by atoms with Crippen molar-refractivity contribution in [2.45, 2.75) is 57.4 Å². The van der Waals surface area contributed by atoms with E-state index >= 15 is 0 Å². The Morgan fingerprint density at radius 3 is 2.38 bits per heavy atom. The van der Waals surface area contributed by atoms with Gasteiger partial charge < -0.3 is 5.32 Å². The molecule has 1 aliphatic heterocycles. The fraction of sp³-hybridized carbons (Fsp3) is 1.00. The van der Waals surface area contributed by atoms with Crippen LogP contribution in [0, 0.1) is 29.6 Å². The first kappa shape index (κ1) is 9.94. The van der Waals surface area contributed by atoms with E-state index in [9.17, 15) is 0 Å². The van der Waals surface area contributed by atoms with Gasteiger partial charge in [-0.2, -0.15) is 0 Å². The Balaban J connectivity index is 1.55. The molecular formula is C15H25N. The van der Waals surface area contributed by atoms with Crippen molar-refractivity contribution in [3.05, 3.63) is 0 Å². The summed E-state index contributed by atoms with van der Waals surface area (Å²) in [6.07, 6.45) is 12.4. The zero-order valence-corrected chi connectivity index (χ0v) is 10.3. The molecule has 1 N–H and O–H groups in total. The summed E-state index contributed by atoms with van der Waals surface area (Å²) in [7, 11) is 0. The third kappa shape index (κ3) is 1.40. The van der Waals surface area contributed by atoms with Crippen LogP contribution in [-0.2, 0) is 0 Å². The topological polar surface area (TPSA) is 12.0 Å². The second kappa shape index (κ2) is 3.73. The molecule has 0 bridgehead atoms. The molecule has 6 unspecified atom stereocenters. The summed E-state index contributed by atoms with van der Waals surface area (Å²) in [4.78, 5) is 0. The van der Waals surface area contributed by atoms with Crippen LogP contribution >= 0.6 is 0 Å². The van der Waals surface area contributed by atoms with Gasteiger partial charge in [-0.15, -0.1) is 0 Å². The van der Waals surface area contributed by atoms with Crippen molar-refractivity contribution < 1.29 is 0 Å². The van der Waals surface area contributed by atoms with Gasteiger partial charge in [0.1, 0.15) is 0 Å². The van der Waals surface area contributed by atoms with E-state index in [4.69, 9.17) is 0 Å². The predicted octanol–water partition coefficient (Wildman–Crippen LogP) is 3.20. The van der Waals surface area contributed by atoms with Crippen LogP contribution in [0.1, 0.15) is 51.4 Å². The number of piperidine rings is 1. The summed E-state index contributed by atoms with van der Waals surface area (Å²) in [5, 5.41) is 3.86. The molecule has 3 saturated carbocycles. The first-order valence-electron chi connectivity index (χ1n) is 7.65. The maximum atomic E-state index is 3.86. The van der Waals surface area contributed by atoms with E-state index in [2.05, 4.69) is 5.32 Å². The first-order valence-corrected chi connectivity index (χ1v) is 7.65. The van der Waals surface area contributed by atoms with E-state index < -0.39 is 0 Å². The van der Waals surface area contributed by atoms with Crippen LogP contribution in [-0.4, -0.2) is 12.6 Å². The lowest BCUT2D eigenvalue weighted by molar-refractivity contribution is 0.135. The Morgan fingerprint density at radius 2 is 1.44 bits per heavy atom. The Morgan fingerprint density at radius 1 is 0.688 bits per heavy atom. The minimum atomic E-state index is 0.931. The third-order valence-electron chi connectivity index (χ3n) is 6.31. The fourth-order valence-corrected chi connectivity index (χ4v) is 5.68. The van der Waals surface area contributed by atoms with Gasteiger partial charge in [-0.3, -0.25) is 0 Å². The lowest BCUT2D eigenvalue weighted by Gasteiger charge is -2.38. The summed E-state index contributed by atoms with van der Waals surface area (Å²) >= 11 is 0. The molecule has 1 saturated heterocycles. The molecule has 90 valence electrons. The Bertz CT molecular complexity index is 275. The van der Waals surface area contributed by atoms with Crippen molar-refractivity contribution in [1.29, 1.82) is 0 Å². The van der Waals surface area contributed by atoms with Gasteiger partial charge in [-0.05, 0) is 68.2 Å². The summed E-state index contributed by atoms with van der Waals surface area (Å²) < 4.78 is 0. The summed E-state index contributed by atoms with van der Waals surface area (Å²) in [5.74, 6) is 5.51. The van der Waals surface area contributed by atoms with Gasteiger partial charge in [-0.1, -0.05) is 19.3 Å². The van der Waals surface area contributed by atoms with Crippen molar-refractivity contribution in [2.75, 3.05) is 6.54 Å². The molecule has 0 amide bonds. The highest BCUT2D eigenvalue weighted by Crippen LogP contribution is 2.54. The molecule has 0 aromatic carbocycles.